The molecule has 0 saturated carbocycles. The zero-order valence-corrected chi connectivity index (χ0v) is 10.4. The van der Waals surface area contributed by atoms with E-state index in [1.807, 2.05) is 11.7 Å². The molecular formula is C12H21N3O. The van der Waals surface area contributed by atoms with E-state index in [1.165, 1.54) is 12.0 Å². The molecule has 0 spiro atoms. The lowest BCUT2D eigenvalue weighted by Gasteiger charge is -2.10. The van der Waals surface area contributed by atoms with Crippen LogP contribution in [0.2, 0.25) is 0 Å². The van der Waals surface area contributed by atoms with Crippen LogP contribution in [0, 0.1) is 6.92 Å². The highest BCUT2D eigenvalue weighted by Gasteiger charge is 2.22. The van der Waals surface area contributed by atoms with Crippen molar-refractivity contribution in [2.75, 3.05) is 7.05 Å². The van der Waals surface area contributed by atoms with Gasteiger partial charge >= 0.3 is 0 Å². The van der Waals surface area contributed by atoms with Gasteiger partial charge in [-0.25, -0.2) is 0 Å². The number of hydrogen-bond acceptors (Lipinski definition) is 3. The molecule has 0 aromatic carbocycles. The zero-order chi connectivity index (χ0) is 11.5. The summed E-state index contributed by atoms with van der Waals surface area (Å²) in [6.07, 6.45) is 5.21. The minimum absolute atomic E-state index is 0.344. The first-order valence-corrected chi connectivity index (χ1v) is 6.02. The fourth-order valence-electron chi connectivity index (χ4n) is 2.24. The minimum atomic E-state index is 0.344. The first-order valence-electron chi connectivity index (χ1n) is 6.02. The average Bonchev–Trinajstić information content (AvgIpc) is 2.76. The second-order valence-electron chi connectivity index (χ2n) is 4.64. The van der Waals surface area contributed by atoms with Crippen molar-refractivity contribution in [2.24, 2.45) is 0 Å². The lowest BCUT2D eigenvalue weighted by molar-refractivity contribution is 0.0436. The van der Waals surface area contributed by atoms with Crippen LogP contribution >= 0.6 is 0 Å². The second kappa shape index (κ2) is 4.97. The lowest BCUT2D eigenvalue weighted by Crippen LogP contribution is -2.16. The van der Waals surface area contributed by atoms with E-state index in [0.29, 0.717) is 12.2 Å². The van der Waals surface area contributed by atoms with Crippen molar-refractivity contribution in [1.29, 1.82) is 0 Å². The summed E-state index contributed by atoms with van der Waals surface area (Å²) in [5.41, 5.74) is 2.38. The summed E-state index contributed by atoms with van der Waals surface area (Å²) in [4.78, 5) is 0. The van der Waals surface area contributed by atoms with Gasteiger partial charge in [-0.1, -0.05) is 0 Å². The Morgan fingerprint density at radius 3 is 3.00 bits per heavy atom. The van der Waals surface area contributed by atoms with E-state index in [0.717, 1.165) is 25.2 Å². The Labute approximate surface area is 97.0 Å². The minimum Gasteiger partial charge on any atom is -0.373 e. The van der Waals surface area contributed by atoms with Gasteiger partial charge in [0, 0.05) is 18.3 Å². The van der Waals surface area contributed by atoms with Crippen LogP contribution < -0.4 is 5.32 Å². The van der Waals surface area contributed by atoms with Crippen molar-refractivity contribution in [1.82, 2.24) is 15.1 Å². The largest absolute Gasteiger partial charge is 0.373 e. The van der Waals surface area contributed by atoms with Crippen molar-refractivity contribution in [3.63, 3.8) is 0 Å². The van der Waals surface area contributed by atoms with Gasteiger partial charge in [-0.3, -0.25) is 4.68 Å². The maximum absolute atomic E-state index is 5.80. The maximum atomic E-state index is 5.80. The molecule has 1 aromatic rings. The van der Waals surface area contributed by atoms with Crippen LogP contribution in [0.5, 0.6) is 0 Å². The van der Waals surface area contributed by atoms with Gasteiger partial charge in [0.25, 0.3) is 0 Å². The fraction of sp³-hybridized carbons (Fsp3) is 0.750. The molecule has 0 radical (unpaired) electrons. The number of aryl methyl sites for hydroxylation is 1. The Morgan fingerprint density at radius 1 is 1.56 bits per heavy atom. The third-order valence-corrected chi connectivity index (χ3v) is 3.13. The SMILES string of the molecule is CNCc1cn(CC2CCC(C)O2)nc1C. The number of ether oxygens (including phenoxy) is 1. The summed E-state index contributed by atoms with van der Waals surface area (Å²) in [5, 5.41) is 7.67. The fourth-order valence-corrected chi connectivity index (χ4v) is 2.24. The van der Waals surface area contributed by atoms with Gasteiger partial charge in [0.15, 0.2) is 0 Å². The molecule has 1 N–H and O–H groups in total. The average molecular weight is 223 g/mol. The van der Waals surface area contributed by atoms with E-state index in [2.05, 4.69) is 30.5 Å². The molecule has 1 aliphatic heterocycles. The van der Waals surface area contributed by atoms with Crippen LogP contribution in [-0.2, 0) is 17.8 Å². The molecule has 16 heavy (non-hydrogen) atoms. The predicted molar refractivity (Wildman–Crippen MR) is 63.3 cm³/mol. The molecule has 1 aromatic heterocycles. The molecule has 0 aliphatic carbocycles. The summed E-state index contributed by atoms with van der Waals surface area (Å²) in [6, 6.07) is 0. The maximum Gasteiger partial charge on any atom is 0.0775 e. The van der Waals surface area contributed by atoms with Crippen LogP contribution in [0.25, 0.3) is 0 Å². The van der Waals surface area contributed by atoms with Gasteiger partial charge in [0.1, 0.15) is 0 Å². The van der Waals surface area contributed by atoms with E-state index in [1.54, 1.807) is 0 Å². The smallest absolute Gasteiger partial charge is 0.0775 e. The van der Waals surface area contributed by atoms with Crippen molar-refractivity contribution < 1.29 is 4.74 Å². The monoisotopic (exact) mass is 223 g/mol. The predicted octanol–water partition coefficient (Wildman–Crippen LogP) is 1.48. The van der Waals surface area contributed by atoms with Gasteiger partial charge in [-0.05, 0) is 33.7 Å². The van der Waals surface area contributed by atoms with Crippen molar-refractivity contribution >= 4 is 0 Å². The molecule has 4 heteroatoms. The molecule has 2 atom stereocenters. The van der Waals surface area contributed by atoms with E-state index in [4.69, 9.17) is 4.74 Å². The van der Waals surface area contributed by atoms with Crippen LogP contribution in [0.15, 0.2) is 6.20 Å². The molecule has 1 fully saturated rings. The van der Waals surface area contributed by atoms with Gasteiger partial charge in [0.05, 0.1) is 24.4 Å². The third-order valence-electron chi connectivity index (χ3n) is 3.13. The second-order valence-corrected chi connectivity index (χ2v) is 4.64. The number of rotatable bonds is 4. The summed E-state index contributed by atoms with van der Waals surface area (Å²) in [7, 11) is 1.96. The van der Waals surface area contributed by atoms with Crippen molar-refractivity contribution in [3.8, 4) is 0 Å². The Hall–Kier alpha value is -0.870. The lowest BCUT2D eigenvalue weighted by atomic mass is 10.2. The molecular weight excluding hydrogens is 202 g/mol. The van der Waals surface area contributed by atoms with Crippen LogP contribution in [0.3, 0.4) is 0 Å². The van der Waals surface area contributed by atoms with Crippen LogP contribution in [-0.4, -0.2) is 29.0 Å². The molecule has 90 valence electrons. The Balaban J connectivity index is 1.96. The number of nitrogens with one attached hydrogen (secondary N) is 1. The summed E-state index contributed by atoms with van der Waals surface area (Å²) >= 11 is 0. The van der Waals surface area contributed by atoms with Gasteiger partial charge in [0.2, 0.25) is 0 Å². The Kier molecular flexibility index (Phi) is 3.61. The summed E-state index contributed by atoms with van der Waals surface area (Å²) in [5.74, 6) is 0. The normalized spacial score (nSPS) is 25.2. The number of aromatic nitrogens is 2. The van der Waals surface area contributed by atoms with Crippen LogP contribution in [0.4, 0.5) is 0 Å². The van der Waals surface area contributed by atoms with E-state index in [-0.39, 0.29) is 0 Å². The van der Waals surface area contributed by atoms with Gasteiger partial charge in [-0.15, -0.1) is 0 Å². The van der Waals surface area contributed by atoms with Gasteiger partial charge < -0.3 is 10.1 Å². The van der Waals surface area contributed by atoms with E-state index < -0.39 is 0 Å². The topological polar surface area (TPSA) is 39.1 Å². The third kappa shape index (κ3) is 2.62. The molecule has 0 bridgehead atoms. The molecule has 2 heterocycles. The highest BCUT2D eigenvalue weighted by atomic mass is 16.5. The first-order chi connectivity index (χ1) is 7.69. The molecule has 2 rings (SSSR count). The number of nitrogens with zero attached hydrogens (tertiary/aromatic N) is 2. The molecule has 4 nitrogen and oxygen atoms in total. The van der Waals surface area contributed by atoms with Crippen LogP contribution in [0.1, 0.15) is 31.0 Å². The molecule has 0 amide bonds. The highest BCUT2D eigenvalue weighted by Crippen LogP contribution is 2.20. The first kappa shape index (κ1) is 11.6. The molecule has 1 saturated heterocycles. The Bertz CT molecular complexity index is 348. The van der Waals surface area contributed by atoms with E-state index in [9.17, 15) is 0 Å². The standard InChI is InChI=1S/C12H21N3O/c1-9-4-5-12(16-9)8-15-7-11(6-13-3)10(2)14-15/h7,9,12-13H,4-6,8H2,1-3H3. The highest BCUT2D eigenvalue weighted by molar-refractivity contribution is 5.14. The zero-order valence-electron chi connectivity index (χ0n) is 10.4. The van der Waals surface area contributed by atoms with Crippen molar-refractivity contribution in [3.05, 3.63) is 17.5 Å². The molecule has 1 aliphatic rings. The van der Waals surface area contributed by atoms with Crippen molar-refractivity contribution in [2.45, 2.75) is 52.0 Å². The quantitative estimate of drug-likeness (QED) is 0.840. The molecule has 2 unspecified atom stereocenters. The summed E-state index contributed by atoms with van der Waals surface area (Å²) < 4.78 is 7.82. The number of hydrogen-bond donors (Lipinski definition) is 1. The van der Waals surface area contributed by atoms with Gasteiger partial charge in [-0.2, -0.15) is 5.10 Å². The summed E-state index contributed by atoms with van der Waals surface area (Å²) in [6.45, 7) is 5.96. The van der Waals surface area contributed by atoms with E-state index >= 15 is 0 Å². The Morgan fingerprint density at radius 2 is 2.38 bits per heavy atom.